The van der Waals surface area contributed by atoms with E-state index in [4.69, 9.17) is 15.6 Å². The van der Waals surface area contributed by atoms with Gasteiger partial charge in [0.05, 0.1) is 7.11 Å². The van der Waals surface area contributed by atoms with Crippen molar-refractivity contribution >= 4 is 5.97 Å². The van der Waals surface area contributed by atoms with Gasteiger partial charge in [0.15, 0.2) is 0 Å². The van der Waals surface area contributed by atoms with Crippen molar-refractivity contribution < 1.29 is 14.6 Å². The molecule has 1 aromatic rings. The first-order valence-electron chi connectivity index (χ1n) is 5.58. The average Bonchev–Trinajstić information content (AvgIpc) is 2.24. The third-order valence-corrected chi connectivity index (χ3v) is 2.72. The Morgan fingerprint density at radius 2 is 2.12 bits per heavy atom. The lowest BCUT2D eigenvalue weighted by Crippen LogP contribution is -2.14. The van der Waals surface area contributed by atoms with E-state index in [-0.39, 0.29) is 12.5 Å². The van der Waals surface area contributed by atoms with Crippen LogP contribution in [-0.4, -0.2) is 18.2 Å². The van der Waals surface area contributed by atoms with Crippen LogP contribution in [0.3, 0.4) is 0 Å². The zero-order valence-corrected chi connectivity index (χ0v) is 10.5. The molecular weight excluding hydrogens is 218 g/mol. The number of hydrogen-bond donors (Lipinski definition) is 2. The summed E-state index contributed by atoms with van der Waals surface area (Å²) in [6.07, 6.45) is 0.478. The minimum Gasteiger partial charge on any atom is -0.496 e. The molecule has 0 aliphatic rings. The number of nitrogens with two attached hydrogens (primary N) is 1. The first kappa shape index (κ1) is 13.5. The second kappa shape index (κ2) is 5.68. The summed E-state index contributed by atoms with van der Waals surface area (Å²) in [4.78, 5) is 10.5. The van der Waals surface area contributed by atoms with Crippen molar-refractivity contribution in [3.05, 3.63) is 28.8 Å². The minimum absolute atomic E-state index is 0.0668. The highest BCUT2D eigenvalue weighted by molar-refractivity contribution is 5.66. The van der Waals surface area contributed by atoms with Gasteiger partial charge in [-0.2, -0.15) is 0 Å². The molecule has 1 unspecified atom stereocenters. The molecule has 0 aliphatic heterocycles. The first-order valence-corrected chi connectivity index (χ1v) is 5.58. The average molecular weight is 237 g/mol. The van der Waals surface area contributed by atoms with Gasteiger partial charge in [-0.25, -0.2) is 0 Å². The molecule has 94 valence electrons. The number of rotatable bonds is 5. The molecule has 0 aliphatic carbocycles. The number of benzene rings is 1. The predicted octanol–water partition coefficient (Wildman–Crippen LogP) is 2.18. The quantitative estimate of drug-likeness (QED) is 0.823. The number of methoxy groups -OCH3 is 1. The number of aliphatic carboxylic acids is 1. The molecular formula is C13H19NO3. The van der Waals surface area contributed by atoms with E-state index in [1.165, 1.54) is 0 Å². The van der Waals surface area contributed by atoms with Gasteiger partial charge < -0.3 is 15.6 Å². The van der Waals surface area contributed by atoms with Gasteiger partial charge in [-0.05, 0) is 25.8 Å². The molecule has 1 aromatic carbocycles. The second-order valence-electron chi connectivity index (χ2n) is 4.24. The van der Waals surface area contributed by atoms with Crippen LogP contribution in [0.4, 0.5) is 0 Å². The van der Waals surface area contributed by atoms with Gasteiger partial charge in [0.1, 0.15) is 5.75 Å². The molecule has 1 rings (SSSR count). The van der Waals surface area contributed by atoms with Crippen molar-refractivity contribution in [2.45, 2.75) is 32.7 Å². The molecule has 3 N–H and O–H groups in total. The van der Waals surface area contributed by atoms with E-state index >= 15 is 0 Å². The van der Waals surface area contributed by atoms with Gasteiger partial charge in [-0.1, -0.05) is 17.7 Å². The third-order valence-electron chi connectivity index (χ3n) is 2.72. The topological polar surface area (TPSA) is 72.5 Å². The van der Waals surface area contributed by atoms with E-state index in [0.717, 1.165) is 22.4 Å². The van der Waals surface area contributed by atoms with Crippen LogP contribution in [0.25, 0.3) is 0 Å². The summed E-state index contributed by atoms with van der Waals surface area (Å²) in [5.41, 5.74) is 9.02. The Labute approximate surface area is 101 Å². The van der Waals surface area contributed by atoms with Crippen molar-refractivity contribution in [1.29, 1.82) is 0 Å². The van der Waals surface area contributed by atoms with E-state index in [1.807, 2.05) is 26.0 Å². The maximum absolute atomic E-state index is 10.5. The lowest BCUT2D eigenvalue weighted by Gasteiger charge is -2.17. The summed E-state index contributed by atoms with van der Waals surface area (Å²) in [5.74, 6) is -0.0720. The van der Waals surface area contributed by atoms with E-state index in [9.17, 15) is 4.79 Å². The number of carboxylic acids is 1. The summed E-state index contributed by atoms with van der Waals surface area (Å²) in [6, 6.07) is 3.67. The normalized spacial score (nSPS) is 12.2. The lowest BCUT2D eigenvalue weighted by molar-refractivity contribution is -0.137. The Bertz CT molecular complexity index is 415. The molecule has 0 saturated carbocycles. The van der Waals surface area contributed by atoms with Crippen LogP contribution < -0.4 is 10.5 Å². The molecule has 1 atom stereocenters. The van der Waals surface area contributed by atoms with Gasteiger partial charge >= 0.3 is 5.97 Å². The SMILES string of the molecule is COc1c(C)cc(C)cc1C(N)CCC(=O)O. The van der Waals surface area contributed by atoms with Crippen LogP contribution in [0.5, 0.6) is 5.75 Å². The van der Waals surface area contributed by atoms with Crippen molar-refractivity contribution in [2.75, 3.05) is 7.11 Å². The summed E-state index contributed by atoms with van der Waals surface area (Å²) in [6.45, 7) is 3.94. The van der Waals surface area contributed by atoms with E-state index in [2.05, 4.69) is 0 Å². The van der Waals surface area contributed by atoms with Crippen LogP contribution in [0.1, 0.15) is 35.6 Å². The molecule has 17 heavy (non-hydrogen) atoms. The maximum atomic E-state index is 10.5. The Morgan fingerprint density at radius 3 is 2.65 bits per heavy atom. The molecule has 0 heterocycles. The highest BCUT2D eigenvalue weighted by atomic mass is 16.5. The minimum atomic E-state index is -0.830. The third kappa shape index (κ3) is 3.46. The maximum Gasteiger partial charge on any atom is 0.303 e. The van der Waals surface area contributed by atoms with Crippen molar-refractivity contribution in [3.63, 3.8) is 0 Å². The lowest BCUT2D eigenvalue weighted by atomic mass is 9.97. The van der Waals surface area contributed by atoms with Crippen molar-refractivity contribution in [3.8, 4) is 5.75 Å². The zero-order valence-electron chi connectivity index (χ0n) is 10.5. The van der Waals surface area contributed by atoms with Crippen LogP contribution in [0, 0.1) is 13.8 Å². The number of aryl methyl sites for hydroxylation is 2. The fourth-order valence-electron chi connectivity index (χ4n) is 1.98. The molecule has 0 bridgehead atoms. The van der Waals surface area contributed by atoms with Gasteiger partial charge in [0.25, 0.3) is 0 Å². The highest BCUT2D eigenvalue weighted by Crippen LogP contribution is 2.30. The summed E-state index contributed by atoms with van der Waals surface area (Å²) in [7, 11) is 1.60. The Morgan fingerprint density at radius 1 is 1.47 bits per heavy atom. The molecule has 0 fully saturated rings. The number of carboxylic acid groups (broad SMARTS) is 1. The molecule has 0 radical (unpaired) electrons. The number of carbonyl (C=O) groups is 1. The van der Waals surface area contributed by atoms with Crippen LogP contribution >= 0.6 is 0 Å². The standard InChI is InChI=1S/C13H19NO3/c1-8-6-9(2)13(17-3)10(7-8)11(14)4-5-12(15)16/h6-7,11H,4-5,14H2,1-3H3,(H,15,16). The smallest absolute Gasteiger partial charge is 0.303 e. The number of hydrogen-bond acceptors (Lipinski definition) is 3. The highest BCUT2D eigenvalue weighted by Gasteiger charge is 2.15. The van der Waals surface area contributed by atoms with Crippen molar-refractivity contribution in [1.82, 2.24) is 0 Å². The Kier molecular flexibility index (Phi) is 4.52. The number of ether oxygens (including phenoxy) is 1. The monoisotopic (exact) mass is 237 g/mol. The van der Waals surface area contributed by atoms with Crippen molar-refractivity contribution in [2.24, 2.45) is 5.73 Å². The fraction of sp³-hybridized carbons (Fsp3) is 0.462. The molecule has 0 spiro atoms. The molecule has 0 amide bonds. The second-order valence-corrected chi connectivity index (χ2v) is 4.24. The summed E-state index contributed by atoms with van der Waals surface area (Å²) in [5, 5.41) is 8.66. The molecule has 0 saturated heterocycles. The van der Waals surface area contributed by atoms with E-state index in [1.54, 1.807) is 7.11 Å². The van der Waals surface area contributed by atoms with Crippen LogP contribution in [0.2, 0.25) is 0 Å². The molecule has 0 aromatic heterocycles. The van der Waals surface area contributed by atoms with E-state index in [0.29, 0.717) is 6.42 Å². The molecule has 4 heteroatoms. The van der Waals surface area contributed by atoms with Gasteiger partial charge in [-0.3, -0.25) is 4.79 Å². The van der Waals surface area contributed by atoms with E-state index < -0.39 is 5.97 Å². The largest absolute Gasteiger partial charge is 0.496 e. The fourth-order valence-corrected chi connectivity index (χ4v) is 1.98. The summed E-state index contributed by atoms with van der Waals surface area (Å²) < 4.78 is 5.33. The van der Waals surface area contributed by atoms with Gasteiger partial charge in [-0.15, -0.1) is 0 Å². The first-order chi connectivity index (χ1) is 7.95. The van der Waals surface area contributed by atoms with Crippen LogP contribution in [0.15, 0.2) is 12.1 Å². The van der Waals surface area contributed by atoms with Crippen LogP contribution in [-0.2, 0) is 4.79 Å². The van der Waals surface area contributed by atoms with Gasteiger partial charge in [0, 0.05) is 18.0 Å². The predicted molar refractivity (Wildman–Crippen MR) is 66.3 cm³/mol. The zero-order chi connectivity index (χ0) is 13.0. The summed E-state index contributed by atoms with van der Waals surface area (Å²) >= 11 is 0. The Balaban J connectivity index is 2.98. The molecule has 4 nitrogen and oxygen atoms in total. The van der Waals surface area contributed by atoms with Gasteiger partial charge in [0.2, 0.25) is 0 Å². The Hall–Kier alpha value is -1.55.